The normalized spacial score (nSPS) is 20.5. The lowest BCUT2D eigenvalue weighted by Crippen LogP contribution is -2.40. The van der Waals surface area contributed by atoms with Crippen LogP contribution in [0.3, 0.4) is 0 Å². The molecular weight excluding hydrogens is 438 g/mol. The van der Waals surface area contributed by atoms with Crippen molar-refractivity contribution in [1.82, 2.24) is 4.31 Å². The van der Waals surface area contributed by atoms with Crippen LogP contribution in [0.1, 0.15) is 44.7 Å². The van der Waals surface area contributed by atoms with Gasteiger partial charge in [0.05, 0.1) is 10.3 Å². The number of para-hydroxylation sites is 1. The van der Waals surface area contributed by atoms with E-state index in [0.29, 0.717) is 35.9 Å². The predicted octanol–water partition coefficient (Wildman–Crippen LogP) is 3.68. The second-order valence-electron chi connectivity index (χ2n) is 9.67. The zero-order valence-electron chi connectivity index (χ0n) is 19.6. The van der Waals surface area contributed by atoms with Crippen molar-refractivity contribution in [3.05, 3.63) is 53.6 Å². The fourth-order valence-electron chi connectivity index (χ4n) is 4.69. The summed E-state index contributed by atoms with van der Waals surface area (Å²) in [6, 6.07) is 12.3. The average molecular weight is 470 g/mol. The molecule has 2 aromatic rings. The molecule has 2 heterocycles. The number of nitrogens with one attached hydrogen (secondary N) is 1. The Morgan fingerprint density at radius 2 is 1.91 bits per heavy atom. The molecule has 0 aromatic heterocycles. The summed E-state index contributed by atoms with van der Waals surface area (Å²) in [4.78, 5) is 27.6. The van der Waals surface area contributed by atoms with E-state index in [-0.39, 0.29) is 23.3 Å². The lowest BCUT2D eigenvalue weighted by molar-refractivity contribution is -0.124. The Balaban J connectivity index is 1.61. The predicted molar refractivity (Wildman–Crippen MR) is 129 cm³/mol. The molecule has 2 amide bonds. The minimum atomic E-state index is -3.65. The van der Waals surface area contributed by atoms with Crippen LogP contribution in [0.25, 0.3) is 0 Å². The minimum Gasteiger partial charge on any atom is -0.324 e. The number of amides is 2. The van der Waals surface area contributed by atoms with E-state index < -0.39 is 15.4 Å². The number of carbonyl (C=O) groups excluding carboxylic acids is 2. The average Bonchev–Trinajstić information content (AvgIpc) is 2.95. The molecular formula is C25H31N3O4S. The van der Waals surface area contributed by atoms with Crippen molar-refractivity contribution in [2.75, 3.05) is 29.9 Å². The Bertz CT molecular complexity index is 1210. The highest BCUT2D eigenvalue weighted by atomic mass is 32.2. The molecule has 1 saturated heterocycles. The summed E-state index contributed by atoms with van der Waals surface area (Å²) in [5.74, 6) is -0.206. The van der Waals surface area contributed by atoms with Crippen molar-refractivity contribution in [3.8, 4) is 0 Å². The van der Waals surface area contributed by atoms with Gasteiger partial charge in [-0.25, -0.2) is 8.42 Å². The van der Waals surface area contributed by atoms with Crippen molar-refractivity contribution in [2.24, 2.45) is 5.92 Å². The number of sulfonamides is 1. The fourth-order valence-corrected chi connectivity index (χ4v) is 6.32. The van der Waals surface area contributed by atoms with Gasteiger partial charge < -0.3 is 10.2 Å². The molecule has 0 aliphatic carbocycles. The van der Waals surface area contributed by atoms with Crippen molar-refractivity contribution in [3.63, 3.8) is 0 Å². The maximum Gasteiger partial charge on any atom is 0.244 e. The van der Waals surface area contributed by atoms with Crippen molar-refractivity contribution in [1.29, 1.82) is 0 Å². The largest absolute Gasteiger partial charge is 0.324 e. The van der Waals surface area contributed by atoms with Gasteiger partial charge in [0.1, 0.15) is 6.54 Å². The summed E-state index contributed by atoms with van der Waals surface area (Å²) in [6.07, 6.45) is 1.87. The Morgan fingerprint density at radius 3 is 2.61 bits per heavy atom. The van der Waals surface area contributed by atoms with Crippen molar-refractivity contribution in [2.45, 2.75) is 50.8 Å². The fraction of sp³-hybridized carbons (Fsp3) is 0.440. The highest BCUT2D eigenvalue weighted by Crippen LogP contribution is 2.43. The third-order valence-corrected chi connectivity index (χ3v) is 8.55. The number of fused-ring (bicyclic) bond motifs is 1. The topological polar surface area (TPSA) is 86.8 Å². The van der Waals surface area contributed by atoms with E-state index in [0.717, 1.165) is 18.4 Å². The number of aryl methyl sites for hydroxylation is 1. The number of nitrogens with zero attached hydrogens (tertiary/aromatic N) is 2. The van der Waals surface area contributed by atoms with Crippen LogP contribution in [0, 0.1) is 12.8 Å². The Hall–Kier alpha value is -2.71. The summed E-state index contributed by atoms with van der Waals surface area (Å²) >= 11 is 0. The van der Waals surface area contributed by atoms with Gasteiger partial charge in [-0.1, -0.05) is 25.1 Å². The van der Waals surface area contributed by atoms with E-state index in [4.69, 9.17) is 0 Å². The van der Waals surface area contributed by atoms with Crippen LogP contribution in [0.15, 0.2) is 47.4 Å². The summed E-state index contributed by atoms with van der Waals surface area (Å²) in [6.45, 7) is 8.38. The Kier molecular flexibility index (Phi) is 6.09. The van der Waals surface area contributed by atoms with Crippen molar-refractivity contribution >= 4 is 33.2 Å². The maximum atomic E-state index is 13.3. The molecule has 0 saturated carbocycles. The zero-order valence-corrected chi connectivity index (χ0v) is 20.4. The number of hydrogen-bond acceptors (Lipinski definition) is 4. The highest BCUT2D eigenvalue weighted by Gasteiger charge is 2.45. The van der Waals surface area contributed by atoms with Crippen LogP contribution in [0.2, 0.25) is 0 Å². The SMILES string of the molecule is Cc1ccccc1NC(=O)CN1C(=O)C(C)(C)c2cc(S(=O)(=O)N3CCCC(C)C3)ccc21. The van der Waals surface area contributed by atoms with Crippen LogP contribution < -0.4 is 10.2 Å². The second kappa shape index (κ2) is 8.57. The minimum absolute atomic E-state index is 0.140. The van der Waals surface area contributed by atoms with Crippen LogP contribution in [-0.4, -0.2) is 44.2 Å². The first-order chi connectivity index (χ1) is 15.5. The molecule has 2 aromatic carbocycles. The molecule has 0 spiro atoms. The van der Waals surface area contributed by atoms with E-state index in [2.05, 4.69) is 12.2 Å². The van der Waals surface area contributed by atoms with Gasteiger partial charge in [0.2, 0.25) is 21.8 Å². The van der Waals surface area contributed by atoms with Crippen LogP contribution in [0.4, 0.5) is 11.4 Å². The van der Waals surface area contributed by atoms with Gasteiger partial charge in [0, 0.05) is 24.5 Å². The molecule has 2 aliphatic heterocycles. The molecule has 0 bridgehead atoms. The van der Waals surface area contributed by atoms with Crippen LogP contribution in [-0.2, 0) is 25.0 Å². The van der Waals surface area contributed by atoms with E-state index in [9.17, 15) is 18.0 Å². The summed E-state index contributed by atoms with van der Waals surface area (Å²) in [5, 5.41) is 2.86. The third kappa shape index (κ3) is 4.29. The number of rotatable bonds is 5. The van der Waals surface area contributed by atoms with Gasteiger partial charge in [-0.05, 0) is 74.9 Å². The lowest BCUT2D eigenvalue weighted by Gasteiger charge is -2.30. The van der Waals surface area contributed by atoms with Gasteiger partial charge in [-0.2, -0.15) is 4.31 Å². The molecule has 33 heavy (non-hydrogen) atoms. The number of benzene rings is 2. The number of piperidine rings is 1. The van der Waals surface area contributed by atoms with Gasteiger partial charge in [-0.3, -0.25) is 9.59 Å². The molecule has 0 radical (unpaired) electrons. The molecule has 176 valence electrons. The lowest BCUT2D eigenvalue weighted by atomic mass is 9.86. The molecule has 2 aliphatic rings. The monoisotopic (exact) mass is 469 g/mol. The standard InChI is InChI=1S/C25H31N3O4S/c1-17-8-7-13-27(15-17)33(31,32)19-11-12-22-20(14-19)25(3,4)24(30)28(22)16-23(29)26-21-10-6-5-9-18(21)2/h5-6,9-12,14,17H,7-8,13,15-16H2,1-4H3,(H,26,29). The first-order valence-corrected chi connectivity index (χ1v) is 12.8. The van der Waals surface area contributed by atoms with Gasteiger partial charge in [0.15, 0.2) is 0 Å². The molecule has 7 nitrogen and oxygen atoms in total. The molecule has 8 heteroatoms. The summed E-state index contributed by atoms with van der Waals surface area (Å²) in [5.41, 5.74) is 1.91. The number of anilines is 2. The molecule has 1 fully saturated rings. The van der Waals surface area contributed by atoms with Gasteiger partial charge in [-0.15, -0.1) is 0 Å². The van der Waals surface area contributed by atoms with Crippen LogP contribution >= 0.6 is 0 Å². The first-order valence-electron chi connectivity index (χ1n) is 11.3. The molecule has 1 unspecified atom stereocenters. The summed E-state index contributed by atoms with van der Waals surface area (Å²) < 4.78 is 28.1. The van der Waals surface area contributed by atoms with E-state index in [1.807, 2.05) is 31.2 Å². The number of carbonyl (C=O) groups is 2. The zero-order chi connectivity index (χ0) is 24.0. The Morgan fingerprint density at radius 1 is 1.18 bits per heavy atom. The summed E-state index contributed by atoms with van der Waals surface area (Å²) in [7, 11) is -3.65. The molecule has 1 atom stereocenters. The first kappa shape index (κ1) is 23.4. The van der Waals surface area contributed by atoms with E-state index in [1.54, 1.807) is 36.4 Å². The highest BCUT2D eigenvalue weighted by molar-refractivity contribution is 7.89. The molecule has 1 N–H and O–H groups in total. The third-order valence-electron chi connectivity index (χ3n) is 6.69. The smallest absolute Gasteiger partial charge is 0.244 e. The number of hydrogen-bond donors (Lipinski definition) is 1. The van der Waals surface area contributed by atoms with Crippen LogP contribution in [0.5, 0.6) is 0 Å². The van der Waals surface area contributed by atoms with E-state index in [1.165, 1.54) is 4.90 Å². The van der Waals surface area contributed by atoms with Gasteiger partial charge >= 0.3 is 0 Å². The quantitative estimate of drug-likeness (QED) is 0.724. The maximum absolute atomic E-state index is 13.3. The Labute approximate surface area is 195 Å². The van der Waals surface area contributed by atoms with Gasteiger partial charge in [0.25, 0.3) is 0 Å². The van der Waals surface area contributed by atoms with E-state index >= 15 is 0 Å². The molecule has 4 rings (SSSR count). The second-order valence-corrected chi connectivity index (χ2v) is 11.6. The van der Waals surface area contributed by atoms with Crippen molar-refractivity contribution < 1.29 is 18.0 Å².